The molecule has 1 heterocycles. The van der Waals surface area contributed by atoms with Crippen LogP contribution >= 0.6 is 11.6 Å². The minimum atomic E-state index is -0.0898. The molecule has 5 heteroatoms. The zero-order valence-electron chi connectivity index (χ0n) is 9.63. The largest absolute Gasteiger partial charge is 0.491 e. The molecule has 0 spiro atoms. The first-order valence-electron chi connectivity index (χ1n) is 5.57. The highest BCUT2D eigenvalue weighted by molar-refractivity contribution is 6.30. The van der Waals surface area contributed by atoms with Crippen LogP contribution in [0.2, 0.25) is 5.02 Å². The standard InChI is InChI=1S/C12H15ClN2O2/c1-14-5-4-12(16)15-10-7-17-11-3-2-8(13)6-9(10)11/h2-3,6,10,14H,4-5,7H2,1H3,(H,15,16). The summed E-state index contributed by atoms with van der Waals surface area (Å²) < 4.78 is 5.48. The average Bonchev–Trinajstić information content (AvgIpc) is 2.69. The van der Waals surface area contributed by atoms with E-state index < -0.39 is 0 Å². The van der Waals surface area contributed by atoms with E-state index in [4.69, 9.17) is 16.3 Å². The number of nitrogens with one attached hydrogen (secondary N) is 2. The first kappa shape index (κ1) is 12.2. The summed E-state index contributed by atoms with van der Waals surface area (Å²) >= 11 is 5.93. The molecule has 1 atom stereocenters. The predicted molar refractivity (Wildman–Crippen MR) is 66.4 cm³/mol. The van der Waals surface area contributed by atoms with Crippen molar-refractivity contribution < 1.29 is 9.53 Å². The number of benzene rings is 1. The highest BCUT2D eigenvalue weighted by Gasteiger charge is 2.25. The fraction of sp³-hybridized carbons (Fsp3) is 0.417. The number of ether oxygens (including phenoxy) is 1. The Kier molecular flexibility index (Phi) is 3.86. The van der Waals surface area contributed by atoms with Gasteiger partial charge >= 0.3 is 0 Å². The van der Waals surface area contributed by atoms with Gasteiger partial charge in [-0.15, -0.1) is 0 Å². The molecule has 1 aromatic carbocycles. The van der Waals surface area contributed by atoms with E-state index in [0.29, 0.717) is 24.6 Å². The van der Waals surface area contributed by atoms with Crippen molar-refractivity contribution in [2.45, 2.75) is 12.5 Å². The molecule has 1 aliphatic rings. The maximum Gasteiger partial charge on any atom is 0.221 e. The molecule has 17 heavy (non-hydrogen) atoms. The van der Waals surface area contributed by atoms with Crippen molar-refractivity contribution in [1.29, 1.82) is 0 Å². The molecule has 0 aromatic heterocycles. The molecule has 0 saturated heterocycles. The van der Waals surface area contributed by atoms with Crippen LogP contribution in [-0.2, 0) is 4.79 Å². The number of hydrogen-bond donors (Lipinski definition) is 2. The van der Waals surface area contributed by atoms with Crippen LogP contribution in [0.3, 0.4) is 0 Å². The van der Waals surface area contributed by atoms with E-state index in [1.54, 1.807) is 6.07 Å². The summed E-state index contributed by atoms with van der Waals surface area (Å²) in [7, 11) is 1.82. The lowest BCUT2D eigenvalue weighted by Gasteiger charge is -2.11. The van der Waals surface area contributed by atoms with Gasteiger partial charge in [-0.3, -0.25) is 4.79 Å². The quantitative estimate of drug-likeness (QED) is 0.856. The van der Waals surface area contributed by atoms with E-state index in [1.807, 2.05) is 19.2 Å². The number of halogens is 1. The van der Waals surface area contributed by atoms with Crippen LogP contribution in [-0.4, -0.2) is 26.1 Å². The molecular weight excluding hydrogens is 240 g/mol. The fourth-order valence-corrected chi connectivity index (χ4v) is 1.99. The van der Waals surface area contributed by atoms with E-state index in [1.165, 1.54) is 0 Å². The summed E-state index contributed by atoms with van der Waals surface area (Å²) in [6.45, 7) is 1.14. The number of carbonyl (C=O) groups is 1. The molecule has 1 aromatic rings. The van der Waals surface area contributed by atoms with Gasteiger partial charge in [-0.05, 0) is 25.2 Å². The Morgan fingerprint density at radius 2 is 2.41 bits per heavy atom. The fourth-order valence-electron chi connectivity index (χ4n) is 1.81. The van der Waals surface area contributed by atoms with Crippen molar-refractivity contribution in [3.63, 3.8) is 0 Å². The lowest BCUT2D eigenvalue weighted by Crippen LogP contribution is -2.31. The summed E-state index contributed by atoms with van der Waals surface area (Å²) in [6, 6.07) is 5.36. The Morgan fingerprint density at radius 3 is 3.18 bits per heavy atom. The van der Waals surface area contributed by atoms with Crippen LogP contribution in [0.4, 0.5) is 0 Å². The topological polar surface area (TPSA) is 50.4 Å². The molecule has 0 fully saturated rings. The first-order chi connectivity index (χ1) is 8.20. The normalized spacial score (nSPS) is 17.4. The Labute approximate surface area is 105 Å². The summed E-state index contributed by atoms with van der Waals surface area (Å²) in [4.78, 5) is 11.6. The Morgan fingerprint density at radius 1 is 1.59 bits per heavy atom. The molecule has 2 N–H and O–H groups in total. The minimum absolute atomic E-state index is 0.0146. The maximum absolute atomic E-state index is 11.6. The maximum atomic E-state index is 11.6. The van der Waals surface area contributed by atoms with Crippen molar-refractivity contribution in [3.8, 4) is 5.75 Å². The highest BCUT2D eigenvalue weighted by atomic mass is 35.5. The van der Waals surface area contributed by atoms with E-state index in [-0.39, 0.29) is 11.9 Å². The minimum Gasteiger partial charge on any atom is -0.491 e. The summed E-state index contributed by atoms with van der Waals surface area (Å²) in [5.74, 6) is 0.814. The number of hydrogen-bond acceptors (Lipinski definition) is 3. The van der Waals surface area contributed by atoms with Crippen molar-refractivity contribution in [1.82, 2.24) is 10.6 Å². The van der Waals surface area contributed by atoms with Gasteiger partial charge in [-0.2, -0.15) is 0 Å². The smallest absolute Gasteiger partial charge is 0.221 e. The zero-order valence-corrected chi connectivity index (χ0v) is 10.4. The Bertz CT molecular complexity index is 423. The van der Waals surface area contributed by atoms with Gasteiger partial charge in [0.1, 0.15) is 12.4 Å². The summed E-state index contributed by atoms with van der Waals surface area (Å²) in [5.41, 5.74) is 0.954. The van der Waals surface area contributed by atoms with Crippen LogP contribution in [0.15, 0.2) is 18.2 Å². The van der Waals surface area contributed by atoms with Crippen molar-refractivity contribution in [3.05, 3.63) is 28.8 Å². The van der Waals surface area contributed by atoms with Crippen molar-refractivity contribution in [2.75, 3.05) is 20.2 Å². The molecule has 1 aliphatic heterocycles. The molecule has 2 rings (SSSR count). The highest BCUT2D eigenvalue weighted by Crippen LogP contribution is 2.34. The third-order valence-electron chi connectivity index (χ3n) is 2.69. The van der Waals surface area contributed by atoms with E-state index in [2.05, 4.69) is 10.6 Å². The van der Waals surface area contributed by atoms with Crippen LogP contribution in [0.5, 0.6) is 5.75 Å². The Hall–Kier alpha value is -1.26. The number of carbonyl (C=O) groups excluding carboxylic acids is 1. The second kappa shape index (κ2) is 5.38. The van der Waals surface area contributed by atoms with Crippen molar-refractivity contribution >= 4 is 17.5 Å². The van der Waals surface area contributed by atoms with Crippen LogP contribution in [0.25, 0.3) is 0 Å². The lowest BCUT2D eigenvalue weighted by atomic mass is 10.1. The van der Waals surface area contributed by atoms with Gasteiger partial charge in [0.2, 0.25) is 5.91 Å². The van der Waals surface area contributed by atoms with Gasteiger partial charge in [-0.1, -0.05) is 11.6 Å². The van der Waals surface area contributed by atoms with E-state index in [9.17, 15) is 4.79 Å². The molecule has 0 saturated carbocycles. The number of amides is 1. The average molecular weight is 255 g/mol. The molecule has 1 amide bonds. The Balaban J connectivity index is 2.01. The van der Waals surface area contributed by atoms with Crippen molar-refractivity contribution in [2.24, 2.45) is 0 Å². The molecule has 1 unspecified atom stereocenters. The molecule has 0 radical (unpaired) electrons. The van der Waals surface area contributed by atoms with Gasteiger partial charge in [0.25, 0.3) is 0 Å². The molecule has 0 aliphatic carbocycles. The monoisotopic (exact) mass is 254 g/mol. The first-order valence-corrected chi connectivity index (χ1v) is 5.94. The third-order valence-corrected chi connectivity index (χ3v) is 2.93. The molecule has 92 valence electrons. The lowest BCUT2D eigenvalue weighted by molar-refractivity contribution is -0.121. The summed E-state index contributed by atoms with van der Waals surface area (Å²) in [5, 5.41) is 6.53. The van der Waals surface area contributed by atoms with E-state index in [0.717, 1.165) is 11.3 Å². The van der Waals surface area contributed by atoms with E-state index >= 15 is 0 Å². The molecular formula is C12H15ClN2O2. The predicted octanol–water partition coefficient (Wildman–Crippen LogP) is 1.50. The zero-order chi connectivity index (χ0) is 12.3. The van der Waals surface area contributed by atoms with Gasteiger partial charge in [0.15, 0.2) is 0 Å². The van der Waals surface area contributed by atoms with Gasteiger partial charge in [0, 0.05) is 23.6 Å². The SMILES string of the molecule is CNCCC(=O)NC1COc2ccc(Cl)cc21. The molecule has 0 bridgehead atoms. The third kappa shape index (κ3) is 2.90. The second-order valence-corrected chi connectivity index (χ2v) is 4.40. The number of fused-ring (bicyclic) bond motifs is 1. The van der Waals surface area contributed by atoms with Crippen LogP contribution in [0, 0.1) is 0 Å². The number of rotatable bonds is 4. The van der Waals surface area contributed by atoms with Gasteiger partial charge < -0.3 is 15.4 Å². The van der Waals surface area contributed by atoms with Gasteiger partial charge in [-0.25, -0.2) is 0 Å². The van der Waals surface area contributed by atoms with Gasteiger partial charge in [0.05, 0.1) is 6.04 Å². The second-order valence-electron chi connectivity index (χ2n) is 3.97. The van der Waals surface area contributed by atoms with Crippen LogP contribution < -0.4 is 15.4 Å². The van der Waals surface area contributed by atoms with Crippen LogP contribution in [0.1, 0.15) is 18.0 Å². The molecule has 4 nitrogen and oxygen atoms in total. The summed E-state index contributed by atoms with van der Waals surface area (Å²) in [6.07, 6.45) is 0.461.